The van der Waals surface area contributed by atoms with Gasteiger partial charge in [-0.1, -0.05) is 44.9 Å². The number of fused-ring (bicyclic) bond motifs is 1. The number of benzene rings is 2. The van der Waals surface area contributed by atoms with Gasteiger partial charge < -0.3 is 18.6 Å². The fourth-order valence-corrected chi connectivity index (χ4v) is 6.52. The predicted octanol–water partition coefficient (Wildman–Crippen LogP) is 6.25. The molecule has 1 aliphatic heterocycles. The molecule has 0 spiro atoms. The minimum absolute atomic E-state index is 0.171. The van der Waals surface area contributed by atoms with Gasteiger partial charge in [-0.25, -0.2) is 9.79 Å². The van der Waals surface area contributed by atoms with Gasteiger partial charge in [-0.3, -0.25) is 9.36 Å². The summed E-state index contributed by atoms with van der Waals surface area (Å²) in [6.07, 6.45) is 1.66. The number of rotatable bonds is 7. The van der Waals surface area contributed by atoms with Gasteiger partial charge in [0.15, 0.2) is 16.3 Å². The number of carbonyl (C=O) groups is 1. The molecular weight excluding hydrogens is 700 g/mol. The van der Waals surface area contributed by atoms with Crippen molar-refractivity contribution < 1.29 is 23.4 Å². The number of esters is 1. The van der Waals surface area contributed by atoms with Gasteiger partial charge in [0.05, 0.1) is 47.7 Å². The highest BCUT2D eigenvalue weighted by atomic mass is 79.9. The second-order valence-electron chi connectivity index (χ2n) is 8.86. The predicted molar refractivity (Wildman–Crippen MR) is 164 cm³/mol. The zero-order valence-electron chi connectivity index (χ0n) is 22.3. The summed E-state index contributed by atoms with van der Waals surface area (Å²) in [5.74, 6) is 1.47. The molecule has 3 heterocycles. The molecule has 212 valence electrons. The molecule has 0 saturated carbocycles. The smallest absolute Gasteiger partial charge is 0.338 e. The molecule has 0 N–H and O–H groups in total. The maximum Gasteiger partial charge on any atom is 0.338 e. The van der Waals surface area contributed by atoms with Crippen LogP contribution in [0.15, 0.2) is 76.9 Å². The summed E-state index contributed by atoms with van der Waals surface area (Å²) >= 11 is 14.5. The molecule has 41 heavy (non-hydrogen) atoms. The zero-order valence-corrected chi connectivity index (χ0v) is 27.0. The molecule has 0 aliphatic carbocycles. The molecule has 4 aromatic rings. The zero-order chi connectivity index (χ0) is 29.4. The van der Waals surface area contributed by atoms with E-state index < -0.39 is 12.0 Å². The van der Waals surface area contributed by atoms with Gasteiger partial charge in [0, 0.05) is 20.6 Å². The Morgan fingerprint density at radius 2 is 1.85 bits per heavy atom. The molecule has 5 rings (SSSR count). The number of methoxy groups -OCH3 is 2. The van der Waals surface area contributed by atoms with E-state index in [1.807, 2.05) is 18.2 Å². The van der Waals surface area contributed by atoms with Crippen LogP contribution in [0.4, 0.5) is 0 Å². The molecule has 0 unspecified atom stereocenters. The molecule has 1 atom stereocenters. The van der Waals surface area contributed by atoms with Crippen LogP contribution in [0, 0.1) is 0 Å². The first-order valence-corrected chi connectivity index (χ1v) is 15.1. The molecule has 12 heteroatoms. The molecule has 0 radical (unpaired) electrons. The Morgan fingerprint density at radius 3 is 2.54 bits per heavy atom. The average molecular weight is 723 g/mol. The van der Waals surface area contributed by atoms with Crippen LogP contribution in [0.3, 0.4) is 0 Å². The minimum Gasteiger partial charge on any atom is -0.493 e. The highest BCUT2D eigenvalue weighted by molar-refractivity contribution is 9.10. The summed E-state index contributed by atoms with van der Waals surface area (Å²) in [6, 6.07) is 11.8. The standard InChI is InChI=1S/C29H23Br2ClN2O6S/c1-5-39-28(36)25-14(2)33-29-34(26(25)17-12-22(37-3)23(38-4)13-19(17)31)27(35)24(41-29)11-16-7-9-21(40-16)15-6-8-18(30)20(32)10-15/h6-13,26H,5H2,1-4H3/b24-11-/t26-/m0/s1. The lowest BCUT2D eigenvalue weighted by atomic mass is 9.95. The van der Waals surface area contributed by atoms with Crippen LogP contribution in [0.25, 0.3) is 17.4 Å². The summed E-state index contributed by atoms with van der Waals surface area (Å²) < 4.78 is 25.7. The van der Waals surface area contributed by atoms with E-state index in [4.69, 9.17) is 30.2 Å². The summed E-state index contributed by atoms with van der Waals surface area (Å²) in [7, 11) is 3.06. The first-order valence-electron chi connectivity index (χ1n) is 12.3. The average Bonchev–Trinajstić information content (AvgIpc) is 3.53. The number of halogens is 3. The molecule has 2 aromatic carbocycles. The van der Waals surface area contributed by atoms with Crippen LogP contribution in [-0.2, 0) is 9.53 Å². The van der Waals surface area contributed by atoms with Crippen LogP contribution in [0.2, 0.25) is 5.02 Å². The fraction of sp³-hybridized carbons (Fsp3) is 0.207. The molecule has 0 bridgehead atoms. The van der Waals surface area contributed by atoms with Crippen LogP contribution >= 0.6 is 54.8 Å². The molecule has 0 fully saturated rings. The van der Waals surface area contributed by atoms with Gasteiger partial charge in [-0.15, -0.1) is 0 Å². The summed E-state index contributed by atoms with van der Waals surface area (Å²) in [6.45, 7) is 3.63. The van der Waals surface area contributed by atoms with E-state index in [1.54, 1.807) is 44.2 Å². The van der Waals surface area contributed by atoms with Gasteiger partial charge in [0.2, 0.25) is 0 Å². The molecular formula is C29H23Br2ClN2O6S. The van der Waals surface area contributed by atoms with E-state index in [0.29, 0.717) is 53.1 Å². The molecule has 8 nitrogen and oxygen atoms in total. The van der Waals surface area contributed by atoms with Crippen LogP contribution < -0.4 is 24.4 Å². The monoisotopic (exact) mass is 720 g/mol. The second kappa shape index (κ2) is 12.0. The quantitative estimate of drug-likeness (QED) is 0.210. The Morgan fingerprint density at radius 1 is 1.12 bits per heavy atom. The number of furan rings is 1. The van der Waals surface area contributed by atoms with Crippen LogP contribution in [0.5, 0.6) is 11.5 Å². The van der Waals surface area contributed by atoms with E-state index >= 15 is 0 Å². The van der Waals surface area contributed by atoms with Gasteiger partial charge in [-0.2, -0.15) is 0 Å². The lowest BCUT2D eigenvalue weighted by Gasteiger charge is -2.26. The summed E-state index contributed by atoms with van der Waals surface area (Å²) in [5, 5.41) is 0.558. The Bertz CT molecular complexity index is 1890. The third-order valence-corrected chi connectivity index (χ3v) is 9.32. The number of carbonyl (C=O) groups excluding carboxylic acids is 1. The van der Waals surface area contributed by atoms with E-state index in [9.17, 15) is 9.59 Å². The number of allylic oxidation sites excluding steroid dienone is 1. The lowest BCUT2D eigenvalue weighted by Crippen LogP contribution is -2.40. The summed E-state index contributed by atoms with van der Waals surface area (Å²) in [5.41, 5.74) is 1.79. The Hall–Kier alpha value is -3.12. The first kappa shape index (κ1) is 29.4. The number of ether oxygens (including phenoxy) is 3. The fourth-order valence-electron chi connectivity index (χ4n) is 4.53. The van der Waals surface area contributed by atoms with Crippen molar-refractivity contribution in [3.05, 3.63) is 98.7 Å². The number of nitrogens with zero attached hydrogens (tertiary/aromatic N) is 2. The summed E-state index contributed by atoms with van der Waals surface area (Å²) in [4.78, 5) is 32.2. The Balaban J connectivity index is 1.68. The lowest BCUT2D eigenvalue weighted by molar-refractivity contribution is -0.139. The molecule has 1 aliphatic rings. The number of hydrogen-bond donors (Lipinski definition) is 0. The van der Waals surface area contributed by atoms with Gasteiger partial charge in [0.1, 0.15) is 11.5 Å². The van der Waals surface area contributed by atoms with E-state index in [-0.39, 0.29) is 17.7 Å². The molecule has 0 saturated heterocycles. The Kier molecular flexibility index (Phi) is 8.60. The highest BCUT2D eigenvalue weighted by Gasteiger charge is 2.35. The number of hydrogen-bond acceptors (Lipinski definition) is 8. The van der Waals surface area contributed by atoms with Crippen molar-refractivity contribution >= 4 is 66.8 Å². The van der Waals surface area contributed by atoms with Crippen molar-refractivity contribution in [2.75, 3.05) is 20.8 Å². The largest absolute Gasteiger partial charge is 0.493 e. The third-order valence-electron chi connectivity index (χ3n) is 6.42. The maximum absolute atomic E-state index is 14.0. The molecule has 2 aromatic heterocycles. The number of aromatic nitrogens is 1. The number of thiazole rings is 1. The third kappa shape index (κ3) is 5.55. The van der Waals surface area contributed by atoms with Gasteiger partial charge in [-0.05, 0) is 71.7 Å². The van der Waals surface area contributed by atoms with Crippen LogP contribution in [-0.4, -0.2) is 31.4 Å². The maximum atomic E-state index is 14.0. The Labute approximate surface area is 260 Å². The highest BCUT2D eigenvalue weighted by Crippen LogP contribution is 2.41. The van der Waals surface area contributed by atoms with Gasteiger partial charge >= 0.3 is 5.97 Å². The minimum atomic E-state index is -0.835. The SMILES string of the molecule is CCOC(=O)C1=C(C)N=c2s/c(=C\c3ccc(-c4ccc(Br)c(Cl)c4)o3)c(=O)n2[C@H]1c1cc(OC)c(OC)cc1Br. The normalized spacial score (nSPS) is 15.0. The second-order valence-corrected chi connectivity index (χ2v) is 12.0. The van der Waals surface area contributed by atoms with E-state index in [0.717, 1.165) is 10.0 Å². The van der Waals surface area contributed by atoms with Crippen molar-refractivity contribution in [2.45, 2.75) is 19.9 Å². The van der Waals surface area contributed by atoms with Crippen molar-refractivity contribution in [3.63, 3.8) is 0 Å². The van der Waals surface area contributed by atoms with Crippen molar-refractivity contribution in [2.24, 2.45) is 4.99 Å². The van der Waals surface area contributed by atoms with E-state index in [1.165, 1.54) is 30.1 Å². The molecule has 0 amide bonds. The van der Waals surface area contributed by atoms with Gasteiger partial charge in [0.25, 0.3) is 5.56 Å². The van der Waals surface area contributed by atoms with Crippen molar-refractivity contribution in [1.82, 2.24) is 4.57 Å². The first-order chi connectivity index (χ1) is 19.7. The van der Waals surface area contributed by atoms with E-state index in [2.05, 4.69) is 36.9 Å². The topological polar surface area (TPSA) is 92.3 Å². The van der Waals surface area contributed by atoms with Crippen molar-refractivity contribution in [1.29, 1.82) is 0 Å². The van der Waals surface area contributed by atoms with Crippen LogP contribution in [0.1, 0.15) is 31.2 Å². The van der Waals surface area contributed by atoms with Crippen molar-refractivity contribution in [3.8, 4) is 22.8 Å².